The largest absolute Gasteiger partial charge is 0.744 e. The van der Waals surface area contributed by atoms with Crippen molar-refractivity contribution in [2.75, 3.05) is 13.1 Å². The van der Waals surface area contributed by atoms with Crippen LogP contribution >= 0.6 is 12.0 Å². The van der Waals surface area contributed by atoms with E-state index < -0.39 is 26.8 Å². The molecule has 2 rings (SSSR count). The zero-order chi connectivity index (χ0) is 22.3. The molecule has 0 bridgehead atoms. The predicted octanol–water partition coefficient (Wildman–Crippen LogP) is 0.988. The van der Waals surface area contributed by atoms with Gasteiger partial charge in [0, 0.05) is 34.7 Å². The number of rotatable bonds is 9. The van der Waals surface area contributed by atoms with Crippen LogP contribution in [0, 0.1) is 0 Å². The van der Waals surface area contributed by atoms with Crippen LogP contribution in [0.4, 0.5) is 0 Å². The highest BCUT2D eigenvalue weighted by Crippen LogP contribution is 2.36. The van der Waals surface area contributed by atoms with Crippen LogP contribution in [0.5, 0.6) is 0 Å². The van der Waals surface area contributed by atoms with Crippen LogP contribution in [0.3, 0.4) is 0 Å². The fourth-order valence-corrected chi connectivity index (χ4v) is 3.89. The van der Waals surface area contributed by atoms with Gasteiger partial charge < -0.3 is 20.4 Å². The highest BCUT2D eigenvalue weighted by molar-refractivity contribution is 7.94. The summed E-state index contributed by atoms with van der Waals surface area (Å²) in [4.78, 5) is 23.6. The summed E-state index contributed by atoms with van der Waals surface area (Å²) in [6.07, 6.45) is 0. The molecule has 0 atom stereocenters. The fraction of sp³-hybridized carbons (Fsp3) is 0.222. The van der Waals surface area contributed by atoms with E-state index in [0.717, 1.165) is 6.07 Å². The van der Waals surface area contributed by atoms with E-state index in [1.54, 1.807) is 13.8 Å². The minimum Gasteiger partial charge on any atom is -0.744 e. The van der Waals surface area contributed by atoms with Crippen molar-refractivity contribution in [2.24, 2.45) is 0 Å². The predicted molar refractivity (Wildman–Crippen MR) is 104 cm³/mol. The molecule has 30 heavy (non-hydrogen) atoms. The summed E-state index contributed by atoms with van der Waals surface area (Å²) in [5.41, 5.74) is 0.352. The molecule has 10 nitrogen and oxygen atoms in total. The van der Waals surface area contributed by atoms with E-state index >= 15 is 0 Å². The molecule has 12 heteroatoms. The van der Waals surface area contributed by atoms with Crippen LogP contribution < -0.4 is 15.9 Å². The Labute approximate surface area is 177 Å². The topological polar surface area (TPSA) is 157 Å². The summed E-state index contributed by atoms with van der Waals surface area (Å²) in [5.74, 6) is -0.949. The van der Waals surface area contributed by atoms with Gasteiger partial charge in [-0.3, -0.25) is 14.6 Å². The Morgan fingerprint density at radius 2 is 1.50 bits per heavy atom. The highest BCUT2D eigenvalue weighted by atomic mass is 32.2. The minimum atomic E-state index is -4.98. The summed E-state index contributed by atoms with van der Waals surface area (Å²) >= 11 is 0.439. The number of carbonyl (C=O) groups is 2. The van der Waals surface area contributed by atoms with Crippen molar-refractivity contribution in [3.8, 4) is 11.1 Å². The number of amides is 2. The Bertz CT molecular complexity index is 1040. The van der Waals surface area contributed by atoms with Crippen molar-refractivity contribution in [3.63, 3.8) is 0 Å². The summed E-state index contributed by atoms with van der Waals surface area (Å²) in [7, 11) is -4.98. The molecule has 2 N–H and O–H groups in total. The summed E-state index contributed by atoms with van der Waals surface area (Å²) in [6.45, 7) is 4.12. The third-order valence-electron chi connectivity index (χ3n) is 3.87. The van der Waals surface area contributed by atoms with Crippen LogP contribution in [0.2, 0.25) is 0 Å². The molecule has 2 aromatic rings. The highest BCUT2D eigenvalue weighted by Gasteiger charge is 2.19. The molecule has 0 radical (unpaired) electrons. The van der Waals surface area contributed by atoms with E-state index in [4.69, 9.17) is 0 Å². The van der Waals surface area contributed by atoms with Gasteiger partial charge in [0.05, 0.1) is 16.9 Å². The molecule has 0 aliphatic heterocycles. The van der Waals surface area contributed by atoms with Gasteiger partial charge in [0.15, 0.2) is 0 Å². The third-order valence-corrected chi connectivity index (χ3v) is 5.39. The zero-order valence-electron chi connectivity index (χ0n) is 16.0. The van der Waals surface area contributed by atoms with E-state index in [0.29, 0.717) is 25.1 Å². The van der Waals surface area contributed by atoms with Crippen LogP contribution in [-0.4, -0.2) is 37.9 Å². The maximum absolute atomic E-state index is 12.1. The molecular weight excluding hydrogens is 436 g/mol. The minimum absolute atomic E-state index is 0.0117. The molecule has 0 unspecified atom stereocenters. The number of nitrogens with one attached hydrogen (secondary N) is 2. The first kappa shape index (κ1) is 23.8. The Kier molecular flexibility index (Phi) is 8.34. The van der Waals surface area contributed by atoms with Crippen LogP contribution in [-0.2, 0) is 19.5 Å². The molecule has 0 aliphatic carbocycles. The van der Waals surface area contributed by atoms with Gasteiger partial charge >= 0.3 is 0 Å². The van der Waals surface area contributed by atoms with Gasteiger partial charge in [0.2, 0.25) is 0 Å². The third kappa shape index (κ3) is 5.78. The smallest absolute Gasteiger partial charge is 0.251 e. The molecule has 0 heterocycles. The maximum Gasteiger partial charge on any atom is 0.251 e. The van der Waals surface area contributed by atoms with Crippen molar-refractivity contribution in [1.29, 1.82) is 0 Å². The first-order valence-electron chi connectivity index (χ1n) is 8.66. The first-order chi connectivity index (χ1) is 14.2. The molecule has 0 fully saturated rings. The van der Waals surface area contributed by atoms with Crippen LogP contribution in [0.25, 0.3) is 11.1 Å². The lowest BCUT2D eigenvalue weighted by Gasteiger charge is -2.17. The van der Waals surface area contributed by atoms with Gasteiger partial charge in [0.25, 0.3) is 11.8 Å². The number of hydrogen-bond donors (Lipinski definition) is 2. The SMILES string of the molecule is CCNC(=O)c1ccc(-c2ccc(C(=O)NCC)cc2S(=O)(=O)[O-])c(SOO[O-])c1. The fourth-order valence-electron chi connectivity index (χ4n) is 2.62. The van der Waals surface area contributed by atoms with Gasteiger partial charge in [-0.1, -0.05) is 12.1 Å². The number of benzene rings is 2. The summed E-state index contributed by atoms with van der Waals surface area (Å²) in [6, 6.07) is 7.78. The molecule has 162 valence electrons. The molecule has 2 aromatic carbocycles. The molecule has 0 aliphatic rings. The zero-order valence-corrected chi connectivity index (χ0v) is 17.6. The average molecular weight is 454 g/mol. The van der Waals surface area contributed by atoms with Crippen LogP contribution in [0.15, 0.2) is 46.2 Å². The normalized spacial score (nSPS) is 11.2. The van der Waals surface area contributed by atoms with E-state index in [2.05, 4.69) is 20.0 Å². The average Bonchev–Trinajstić information content (AvgIpc) is 2.71. The summed E-state index contributed by atoms with van der Waals surface area (Å²) in [5, 5.41) is 18.7. The van der Waals surface area contributed by atoms with Crippen molar-refractivity contribution in [1.82, 2.24) is 10.6 Å². The quantitative estimate of drug-likeness (QED) is 0.244. The number of carbonyl (C=O) groups excluding carboxylic acids is 2. The van der Waals surface area contributed by atoms with Crippen molar-refractivity contribution < 1.29 is 37.2 Å². The van der Waals surface area contributed by atoms with Crippen molar-refractivity contribution in [3.05, 3.63) is 47.5 Å². The van der Waals surface area contributed by atoms with Crippen molar-refractivity contribution >= 4 is 34.0 Å². The first-order valence-corrected chi connectivity index (χ1v) is 10.8. The van der Waals surface area contributed by atoms with Gasteiger partial charge in [-0.05, 0) is 43.7 Å². The Morgan fingerprint density at radius 3 is 2.00 bits per heavy atom. The van der Waals surface area contributed by atoms with Crippen LogP contribution in [0.1, 0.15) is 34.6 Å². The second kappa shape index (κ2) is 10.5. The molecule has 2 amide bonds. The van der Waals surface area contributed by atoms with E-state index in [1.807, 2.05) is 0 Å². The molecule has 0 saturated carbocycles. The number of hydrogen-bond acceptors (Lipinski definition) is 9. The second-order valence-electron chi connectivity index (χ2n) is 5.81. The van der Waals surface area contributed by atoms with Gasteiger partial charge in [-0.15, -0.1) is 0 Å². The molecule has 0 saturated heterocycles. The Morgan fingerprint density at radius 1 is 0.967 bits per heavy atom. The summed E-state index contributed by atoms with van der Waals surface area (Å²) < 4.78 is 40.0. The lowest BCUT2D eigenvalue weighted by molar-refractivity contribution is -0.777. The van der Waals surface area contributed by atoms with E-state index in [1.165, 1.54) is 30.3 Å². The standard InChI is InChI=1S/C18H20N2O8S2/c1-3-19-17(21)11-5-7-13(15(9-11)29-28-27-23)14-8-6-12(18(22)20-4-2)10-16(14)30(24,25)26/h5-10,23H,3-4H2,1-2H3,(H,19,21)(H,20,22)(H,24,25,26)/p-2. The monoisotopic (exact) mass is 454 g/mol. The lowest BCUT2D eigenvalue weighted by Crippen LogP contribution is -2.23. The van der Waals surface area contributed by atoms with E-state index in [-0.39, 0.29) is 27.1 Å². The Balaban J connectivity index is 2.65. The van der Waals surface area contributed by atoms with E-state index in [9.17, 15) is 27.8 Å². The van der Waals surface area contributed by atoms with Gasteiger partial charge in [0.1, 0.15) is 10.1 Å². The maximum atomic E-state index is 12.1. The molecule has 0 aromatic heterocycles. The van der Waals surface area contributed by atoms with Gasteiger partial charge in [-0.2, -0.15) is 4.33 Å². The second-order valence-corrected chi connectivity index (χ2v) is 7.90. The lowest BCUT2D eigenvalue weighted by atomic mass is 10.0. The van der Waals surface area contributed by atoms with Crippen molar-refractivity contribution in [2.45, 2.75) is 23.6 Å². The molecule has 0 spiro atoms. The molecular formula is C18H18N2O8S2-2. The van der Waals surface area contributed by atoms with Gasteiger partial charge in [-0.25, -0.2) is 8.42 Å². The Hall–Kier alpha value is -2.48.